The molecule has 2 rings (SSSR count). The Bertz CT molecular complexity index is 971. The number of aromatic amines is 1. The van der Waals surface area contributed by atoms with Crippen LogP contribution in [0.4, 0.5) is 0 Å². The van der Waals surface area contributed by atoms with Gasteiger partial charge in [0.15, 0.2) is 0 Å². The Morgan fingerprint density at radius 1 is 1.06 bits per heavy atom. The Balaban J connectivity index is 2.25. The van der Waals surface area contributed by atoms with E-state index < -0.39 is 48.4 Å². The van der Waals surface area contributed by atoms with Crippen LogP contribution in [0.1, 0.15) is 32.8 Å². The number of carboxylic acids is 1. The summed E-state index contributed by atoms with van der Waals surface area (Å²) in [6.45, 7) is 4.59. The van der Waals surface area contributed by atoms with Crippen LogP contribution in [-0.4, -0.2) is 58.5 Å². The van der Waals surface area contributed by atoms with E-state index in [9.17, 15) is 19.2 Å². The van der Waals surface area contributed by atoms with Crippen molar-refractivity contribution >= 4 is 34.6 Å². The number of aliphatic carboxylic acids is 1. The van der Waals surface area contributed by atoms with E-state index >= 15 is 0 Å². The molecule has 4 atom stereocenters. The number of amides is 3. The number of fused-ring (bicyclic) bond motifs is 1. The van der Waals surface area contributed by atoms with Crippen molar-refractivity contribution in [1.82, 2.24) is 20.9 Å². The molecule has 32 heavy (non-hydrogen) atoms. The number of H-pyrrole nitrogens is 1. The van der Waals surface area contributed by atoms with Crippen LogP contribution in [0.5, 0.6) is 0 Å². The second kappa shape index (κ2) is 11.3. The monoisotopic (exact) mass is 445 g/mol. The first kappa shape index (κ1) is 24.9. The van der Waals surface area contributed by atoms with Gasteiger partial charge in [0.25, 0.3) is 0 Å². The molecule has 0 spiro atoms. The Morgan fingerprint density at radius 3 is 2.38 bits per heavy atom. The van der Waals surface area contributed by atoms with Gasteiger partial charge in [-0.25, -0.2) is 0 Å². The van der Waals surface area contributed by atoms with Crippen LogP contribution in [0, 0.1) is 5.92 Å². The largest absolute Gasteiger partial charge is 0.480 e. The number of hydrogen-bond acceptors (Lipinski definition) is 5. The summed E-state index contributed by atoms with van der Waals surface area (Å²) < 4.78 is 0. The van der Waals surface area contributed by atoms with Crippen LogP contribution >= 0.6 is 0 Å². The van der Waals surface area contributed by atoms with Crippen LogP contribution in [0.3, 0.4) is 0 Å². The molecule has 0 saturated carbocycles. The molecule has 10 heteroatoms. The van der Waals surface area contributed by atoms with E-state index in [1.54, 1.807) is 13.1 Å². The fraction of sp³-hybridized carbons (Fsp3) is 0.455. The molecule has 1 aromatic heterocycles. The molecule has 0 aliphatic rings. The lowest BCUT2D eigenvalue weighted by atomic mass is 9.97. The molecule has 0 aliphatic heterocycles. The van der Waals surface area contributed by atoms with Crippen molar-refractivity contribution in [3.63, 3.8) is 0 Å². The lowest BCUT2D eigenvalue weighted by molar-refractivity contribution is -0.139. The van der Waals surface area contributed by atoms with Crippen molar-refractivity contribution in [3.8, 4) is 0 Å². The van der Waals surface area contributed by atoms with Crippen molar-refractivity contribution < 1.29 is 24.3 Å². The van der Waals surface area contributed by atoms with Gasteiger partial charge in [0.05, 0.1) is 6.04 Å². The Hall–Kier alpha value is -3.40. The first-order chi connectivity index (χ1) is 15.1. The molecule has 0 fully saturated rings. The summed E-state index contributed by atoms with van der Waals surface area (Å²) in [5.74, 6) is -3.10. The molecule has 2 aromatic rings. The molecular formula is C22H31N5O5. The lowest BCUT2D eigenvalue weighted by Crippen LogP contribution is -2.57. The van der Waals surface area contributed by atoms with Gasteiger partial charge in [0.2, 0.25) is 17.7 Å². The minimum absolute atomic E-state index is 0.179. The fourth-order valence-corrected chi connectivity index (χ4v) is 3.26. The van der Waals surface area contributed by atoms with E-state index in [1.807, 2.05) is 31.2 Å². The van der Waals surface area contributed by atoms with Crippen LogP contribution in [0.25, 0.3) is 10.9 Å². The smallest absolute Gasteiger partial charge is 0.322 e. The summed E-state index contributed by atoms with van der Waals surface area (Å²) in [5, 5.41) is 17.4. The van der Waals surface area contributed by atoms with Crippen molar-refractivity contribution in [2.75, 3.05) is 6.54 Å². The third-order valence-electron chi connectivity index (χ3n) is 5.35. The van der Waals surface area contributed by atoms with Crippen LogP contribution in [0.2, 0.25) is 0 Å². The molecule has 0 bridgehead atoms. The van der Waals surface area contributed by atoms with E-state index in [0.29, 0.717) is 6.42 Å². The molecule has 4 unspecified atom stereocenters. The SMILES string of the molecule is CCC(C)C(NC(=O)C(Cc1c[nH]c2ccccc12)NC(=O)C(C)N)C(=O)NCC(=O)O. The van der Waals surface area contributed by atoms with Gasteiger partial charge in [-0.3, -0.25) is 19.2 Å². The van der Waals surface area contributed by atoms with Gasteiger partial charge >= 0.3 is 5.97 Å². The Kier molecular flexibility index (Phi) is 8.77. The van der Waals surface area contributed by atoms with Gasteiger partial charge < -0.3 is 31.8 Å². The minimum atomic E-state index is -1.19. The van der Waals surface area contributed by atoms with E-state index in [4.69, 9.17) is 10.8 Å². The zero-order valence-electron chi connectivity index (χ0n) is 18.5. The van der Waals surface area contributed by atoms with Gasteiger partial charge in [-0.15, -0.1) is 0 Å². The highest BCUT2D eigenvalue weighted by atomic mass is 16.4. The maximum absolute atomic E-state index is 13.2. The highest BCUT2D eigenvalue weighted by molar-refractivity contribution is 5.94. The summed E-state index contributed by atoms with van der Waals surface area (Å²) in [4.78, 5) is 51.9. The molecule has 7 N–H and O–H groups in total. The second-order valence-electron chi connectivity index (χ2n) is 7.90. The fourth-order valence-electron chi connectivity index (χ4n) is 3.26. The molecule has 1 aromatic carbocycles. The van der Waals surface area contributed by atoms with Crippen LogP contribution < -0.4 is 21.7 Å². The number of para-hydroxylation sites is 1. The average molecular weight is 446 g/mol. The normalized spacial score (nSPS) is 14.8. The second-order valence-corrected chi connectivity index (χ2v) is 7.90. The predicted molar refractivity (Wildman–Crippen MR) is 120 cm³/mol. The molecule has 0 radical (unpaired) electrons. The predicted octanol–water partition coefficient (Wildman–Crippen LogP) is 0.274. The van der Waals surface area contributed by atoms with E-state index in [1.165, 1.54) is 6.92 Å². The highest BCUT2D eigenvalue weighted by Gasteiger charge is 2.31. The molecule has 10 nitrogen and oxygen atoms in total. The number of hydrogen-bond donors (Lipinski definition) is 6. The summed E-state index contributed by atoms with van der Waals surface area (Å²) >= 11 is 0. The number of nitrogens with two attached hydrogens (primary N) is 1. The van der Waals surface area contributed by atoms with Crippen LogP contribution in [0.15, 0.2) is 30.5 Å². The van der Waals surface area contributed by atoms with Crippen molar-refractivity contribution in [1.29, 1.82) is 0 Å². The molecule has 3 amide bonds. The Morgan fingerprint density at radius 2 is 1.75 bits per heavy atom. The van der Waals surface area contributed by atoms with Crippen LogP contribution in [-0.2, 0) is 25.6 Å². The van der Waals surface area contributed by atoms with Crippen molar-refractivity contribution in [3.05, 3.63) is 36.0 Å². The first-order valence-corrected chi connectivity index (χ1v) is 10.5. The van der Waals surface area contributed by atoms with Gasteiger partial charge in [-0.1, -0.05) is 38.5 Å². The number of carboxylic acid groups (broad SMARTS) is 1. The third-order valence-corrected chi connectivity index (χ3v) is 5.35. The van der Waals surface area contributed by atoms with Crippen molar-refractivity contribution in [2.45, 2.75) is 51.7 Å². The quantitative estimate of drug-likeness (QED) is 0.290. The molecule has 1 heterocycles. The van der Waals surface area contributed by atoms with Gasteiger partial charge in [-0.2, -0.15) is 0 Å². The Labute approximate surface area is 186 Å². The van der Waals surface area contributed by atoms with Crippen molar-refractivity contribution in [2.24, 2.45) is 11.7 Å². The minimum Gasteiger partial charge on any atom is -0.480 e. The van der Waals surface area contributed by atoms with Gasteiger partial charge in [-0.05, 0) is 24.5 Å². The topological polar surface area (TPSA) is 166 Å². The lowest BCUT2D eigenvalue weighted by Gasteiger charge is -2.26. The number of nitrogens with one attached hydrogen (secondary N) is 4. The summed E-state index contributed by atoms with van der Waals surface area (Å²) in [7, 11) is 0. The number of rotatable bonds is 11. The number of carbonyl (C=O) groups excluding carboxylic acids is 3. The molecule has 0 saturated heterocycles. The average Bonchev–Trinajstić information content (AvgIpc) is 3.17. The number of aromatic nitrogens is 1. The molecule has 174 valence electrons. The highest BCUT2D eigenvalue weighted by Crippen LogP contribution is 2.19. The van der Waals surface area contributed by atoms with E-state index in [-0.39, 0.29) is 12.3 Å². The van der Waals surface area contributed by atoms with E-state index in [0.717, 1.165) is 16.5 Å². The zero-order valence-corrected chi connectivity index (χ0v) is 18.5. The number of benzene rings is 1. The molecule has 0 aliphatic carbocycles. The summed E-state index contributed by atoms with van der Waals surface area (Å²) in [6.07, 6.45) is 2.53. The third kappa shape index (κ3) is 6.55. The standard InChI is InChI=1S/C22H31N5O5/c1-4-12(2)19(22(32)25-11-18(28)29)27-21(31)17(26-20(30)13(3)23)9-14-10-24-16-8-6-5-7-15(14)16/h5-8,10,12-13,17,19,24H,4,9,11,23H2,1-3H3,(H,25,32)(H,26,30)(H,27,31)(H,28,29). The molecular weight excluding hydrogens is 414 g/mol. The van der Waals surface area contributed by atoms with Gasteiger partial charge in [0.1, 0.15) is 18.6 Å². The van der Waals surface area contributed by atoms with E-state index in [2.05, 4.69) is 20.9 Å². The summed E-state index contributed by atoms with van der Waals surface area (Å²) in [5.41, 5.74) is 7.38. The maximum Gasteiger partial charge on any atom is 0.322 e. The number of carbonyl (C=O) groups is 4. The summed E-state index contributed by atoms with van der Waals surface area (Å²) in [6, 6.07) is 4.82. The zero-order chi connectivity index (χ0) is 23.8. The van der Waals surface area contributed by atoms with Gasteiger partial charge in [0, 0.05) is 23.5 Å². The maximum atomic E-state index is 13.2. The first-order valence-electron chi connectivity index (χ1n) is 10.5.